The number of ether oxygens (including phenoxy) is 1. The van der Waals surface area contributed by atoms with Gasteiger partial charge in [0.25, 0.3) is 0 Å². The SMILES string of the molecule is CCC(OC1CCCC1)C(=O)N[C@@H](C)CN.Cl. The first-order chi connectivity index (χ1) is 7.67. The predicted molar refractivity (Wildman–Crippen MR) is 71.3 cm³/mol. The Labute approximate surface area is 110 Å². The van der Waals surface area contributed by atoms with Gasteiger partial charge in [0.05, 0.1) is 6.10 Å². The van der Waals surface area contributed by atoms with Crippen LogP contribution < -0.4 is 11.1 Å². The Morgan fingerprint density at radius 3 is 2.53 bits per heavy atom. The van der Waals surface area contributed by atoms with E-state index in [9.17, 15) is 4.79 Å². The minimum atomic E-state index is -0.308. The lowest BCUT2D eigenvalue weighted by molar-refractivity contribution is -0.137. The van der Waals surface area contributed by atoms with Gasteiger partial charge in [-0.05, 0) is 26.2 Å². The molecule has 0 aromatic rings. The Hall–Kier alpha value is -0.320. The number of hydrogen-bond donors (Lipinski definition) is 2. The molecule has 0 aromatic carbocycles. The molecule has 0 bridgehead atoms. The zero-order valence-corrected chi connectivity index (χ0v) is 11.6. The molecule has 0 aliphatic heterocycles. The largest absolute Gasteiger partial charge is 0.365 e. The lowest BCUT2D eigenvalue weighted by Gasteiger charge is -2.22. The number of nitrogens with one attached hydrogen (secondary N) is 1. The van der Waals surface area contributed by atoms with Crippen molar-refractivity contribution in [3.63, 3.8) is 0 Å². The van der Waals surface area contributed by atoms with Crippen molar-refractivity contribution in [1.82, 2.24) is 5.32 Å². The van der Waals surface area contributed by atoms with Crippen LogP contribution in [0.1, 0.15) is 46.0 Å². The third-order valence-electron chi connectivity index (χ3n) is 3.06. The first-order valence-electron chi connectivity index (χ1n) is 6.33. The number of hydrogen-bond acceptors (Lipinski definition) is 3. The molecule has 1 rings (SSSR count). The van der Waals surface area contributed by atoms with Crippen LogP contribution in [0.25, 0.3) is 0 Å². The maximum Gasteiger partial charge on any atom is 0.249 e. The van der Waals surface area contributed by atoms with E-state index < -0.39 is 0 Å². The monoisotopic (exact) mass is 264 g/mol. The molecule has 4 nitrogen and oxygen atoms in total. The first-order valence-corrected chi connectivity index (χ1v) is 6.33. The van der Waals surface area contributed by atoms with Gasteiger partial charge < -0.3 is 15.8 Å². The summed E-state index contributed by atoms with van der Waals surface area (Å²) in [5, 5.41) is 2.87. The van der Waals surface area contributed by atoms with Crippen molar-refractivity contribution < 1.29 is 9.53 Å². The molecule has 1 amide bonds. The van der Waals surface area contributed by atoms with Gasteiger partial charge in [0.15, 0.2) is 0 Å². The molecule has 2 atom stereocenters. The van der Waals surface area contributed by atoms with Crippen molar-refractivity contribution in [2.75, 3.05) is 6.54 Å². The van der Waals surface area contributed by atoms with Crippen LogP contribution in [-0.4, -0.2) is 30.7 Å². The van der Waals surface area contributed by atoms with Gasteiger partial charge in [0.2, 0.25) is 5.91 Å². The summed E-state index contributed by atoms with van der Waals surface area (Å²) < 4.78 is 5.81. The van der Waals surface area contributed by atoms with Crippen molar-refractivity contribution in [2.24, 2.45) is 5.73 Å². The molecule has 1 fully saturated rings. The Kier molecular flexibility index (Phi) is 8.56. The second-order valence-electron chi connectivity index (χ2n) is 4.58. The minimum Gasteiger partial charge on any atom is -0.365 e. The molecule has 5 heteroatoms. The summed E-state index contributed by atoms with van der Waals surface area (Å²) >= 11 is 0. The van der Waals surface area contributed by atoms with Crippen molar-refractivity contribution in [3.05, 3.63) is 0 Å². The lowest BCUT2D eigenvalue weighted by Crippen LogP contribution is -2.44. The summed E-state index contributed by atoms with van der Waals surface area (Å²) in [5.41, 5.74) is 5.47. The van der Waals surface area contributed by atoms with Crippen LogP contribution in [0.2, 0.25) is 0 Å². The molecule has 0 spiro atoms. The molecule has 0 radical (unpaired) electrons. The van der Waals surface area contributed by atoms with Crippen LogP contribution in [0, 0.1) is 0 Å². The number of halogens is 1. The highest BCUT2D eigenvalue weighted by Crippen LogP contribution is 2.22. The molecule has 0 aromatic heterocycles. The summed E-state index contributed by atoms with van der Waals surface area (Å²) in [7, 11) is 0. The van der Waals surface area contributed by atoms with E-state index in [1.807, 2.05) is 13.8 Å². The van der Waals surface area contributed by atoms with Gasteiger partial charge in [-0.25, -0.2) is 0 Å². The summed E-state index contributed by atoms with van der Waals surface area (Å²) in [6.45, 7) is 4.35. The van der Waals surface area contributed by atoms with Crippen molar-refractivity contribution in [2.45, 2.75) is 64.2 Å². The van der Waals surface area contributed by atoms with E-state index in [0.29, 0.717) is 6.54 Å². The van der Waals surface area contributed by atoms with Crippen molar-refractivity contribution in [1.29, 1.82) is 0 Å². The Morgan fingerprint density at radius 1 is 1.47 bits per heavy atom. The van der Waals surface area contributed by atoms with E-state index in [0.717, 1.165) is 19.3 Å². The van der Waals surface area contributed by atoms with Crippen molar-refractivity contribution in [3.8, 4) is 0 Å². The van der Waals surface area contributed by atoms with E-state index in [-0.39, 0.29) is 36.6 Å². The number of nitrogens with two attached hydrogens (primary N) is 1. The second-order valence-corrected chi connectivity index (χ2v) is 4.58. The van der Waals surface area contributed by atoms with Gasteiger partial charge in [-0.15, -0.1) is 12.4 Å². The number of carbonyl (C=O) groups is 1. The quantitative estimate of drug-likeness (QED) is 0.766. The first kappa shape index (κ1) is 16.7. The normalized spacial score (nSPS) is 19.5. The molecule has 102 valence electrons. The standard InChI is InChI=1S/C12H24N2O2.ClH/c1-3-11(12(15)14-9(2)8-13)16-10-6-4-5-7-10;/h9-11H,3-8,13H2,1-2H3,(H,14,15);1H/t9-,11?;/m0./s1. The zero-order valence-electron chi connectivity index (χ0n) is 10.8. The molecule has 1 aliphatic carbocycles. The van der Waals surface area contributed by atoms with Crippen LogP contribution >= 0.6 is 12.4 Å². The Balaban J connectivity index is 0.00000256. The average molecular weight is 265 g/mol. The van der Waals surface area contributed by atoms with E-state index in [1.54, 1.807) is 0 Å². The molecular weight excluding hydrogens is 240 g/mol. The van der Waals surface area contributed by atoms with E-state index in [1.165, 1.54) is 12.8 Å². The summed E-state index contributed by atoms with van der Waals surface area (Å²) in [5.74, 6) is -0.0210. The Morgan fingerprint density at radius 2 is 2.06 bits per heavy atom. The highest BCUT2D eigenvalue weighted by atomic mass is 35.5. The molecule has 0 heterocycles. The predicted octanol–water partition coefficient (Wildman–Crippen LogP) is 1.61. The van der Waals surface area contributed by atoms with E-state index in [2.05, 4.69) is 5.32 Å². The molecule has 1 aliphatic rings. The molecule has 0 saturated heterocycles. The topological polar surface area (TPSA) is 64.3 Å². The fourth-order valence-electron chi connectivity index (χ4n) is 1.99. The number of carbonyl (C=O) groups excluding carboxylic acids is 1. The van der Waals surface area contributed by atoms with Crippen LogP contribution in [-0.2, 0) is 9.53 Å². The maximum atomic E-state index is 11.8. The van der Waals surface area contributed by atoms with Gasteiger partial charge in [-0.3, -0.25) is 4.79 Å². The maximum absolute atomic E-state index is 11.8. The fraction of sp³-hybridized carbons (Fsp3) is 0.917. The second kappa shape index (κ2) is 8.72. The van der Waals surface area contributed by atoms with Gasteiger partial charge in [-0.1, -0.05) is 19.8 Å². The number of rotatable bonds is 6. The highest BCUT2D eigenvalue weighted by molar-refractivity contribution is 5.85. The Bertz CT molecular complexity index is 221. The van der Waals surface area contributed by atoms with Crippen molar-refractivity contribution >= 4 is 18.3 Å². The number of amides is 1. The highest BCUT2D eigenvalue weighted by Gasteiger charge is 2.24. The average Bonchev–Trinajstić information content (AvgIpc) is 2.78. The minimum absolute atomic E-state index is 0. The third-order valence-corrected chi connectivity index (χ3v) is 3.06. The molecule has 17 heavy (non-hydrogen) atoms. The summed E-state index contributed by atoms with van der Waals surface area (Å²) in [6.07, 6.45) is 5.33. The molecular formula is C12H25ClN2O2. The van der Waals surface area contributed by atoms with Crippen LogP contribution in [0.15, 0.2) is 0 Å². The van der Waals surface area contributed by atoms with E-state index in [4.69, 9.17) is 10.5 Å². The van der Waals surface area contributed by atoms with Gasteiger partial charge in [-0.2, -0.15) is 0 Å². The lowest BCUT2D eigenvalue weighted by atomic mass is 10.2. The third kappa shape index (κ3) is 5.70. The van der Waals surface area contributed by atoms with Gasteiger partial charge in [0.1, 0.15) is 6.10 Å². The molecule has 3 N–H and O–H groups in total. The van der Waals surface area contributed by atoms with Gasteiger partial charge >= 0.3 is 0 Å². The van der Waals surface area contributed by atoms with Crippen LogP contribution in [0.3, 0.4) is 0 Å². The van der Waals surface area contributed by atoms with E-state index >= 15 is 0 Å². The van der Waals surface area contributed by atoms with Crippen LogP contribution in [0.4, 0.5) is 0 Å². The van der Waals surface area contributed by atoms with Gasteiger partial charge in [0, 0.05) is 12.6 Å². The van der Waals surface area contributed by atoms with Crippen LogP contribution in [0.5, 0.6) is 0 Å². The summed E-state index contributed by atoms with van der Waals surface area (Å²) in [6, 6.07) is 0.0220. The fourth-order valence-corrected chi connectivity index (χ4v) is 1.99. The zero-order chi connectivity index (χ0) is 12.0. The molecule has 1 saturated carbocycles. The smallest absolute Gasteiger partial charge is 0.249 e. The molecule has 1 unspecified atom stereocenters. The summed E-state index contributed by atoms with van der Waals surface area (Å²) in [4.78, 5) is 11.8.